The number of nitrogens with zero attached hydrogens (tertiary/aromatic N) is 6. The van der Waals surface area contributed by atoms with Gasteiger partial charge in [0.05, 0.1) is 13.1 Å². The standard InChI is InChI=1S/C17H21N7O/c1-11(2)16-20-14-7-6-12(10-24(14)22-16)19-9-15-21-17(23-25-15)13-5-3-4-8-18-13/h3-5,8,11-12,19H,6-7,9-10H2,1-2H3/t12-/m1/s1. The van der Waals surface area contributed by atoms with Crippen molar-refractivity contribution < 1.29 is 4.52 Å². The van der Waals surface area contributed by atoms with Crippen LogP contribution in [0.25, 0.3) is 11.5 Å². The molecule has 0 saturated carbocycles. The van der Waals surface area contributed by atoms with Gasteiger partial charge in [-0.1, -0.05) is 25.1 Å². The van der Waals surface area contributed by atoms with Crippen LogP contribution in [0.5, 0.6) is 0 Å². The molecule has 0 saturated heterocycles. The Balaban J connectivity index is 1.37. The number of pyridine rings is 1. The number of hydrogen-bond donors (Lipinski definition) is 1. The number of nitrogens with one attached hydrogen (secondary N) is 1. The van der Waals surface area contributed by atoms with E-state index < -0.39 is 0 Å². The van der Waals surface area contributed by atoms with Gasteiger partial charge in [0.2, 0.25) is 11.7 Å². The smallest absolute Gasteiger partial charge is 0.240 e. The summed E-state index contributed by atoms with van der Waals surface area (Å²) in [6.45, 7) is 5.58. The van der Waals surface area contributed by atoms with Gasteiger partial charge in [-0.25, -0.2) is 9.67 Å². The highest BCUT2D eigenvalue weighted by atomic mass is 16.5. The van der Waals surface area contributed by atoms with Crippen molar-refractivity contribution in [3.05, 3.63) is 41.9 Å². The Morgan fingerprint density at radius 2 is 2.24 bits per heavy atom. The van der Waals surface area contributed by atoms with E-state index in [0.29, 0.717) is 35.9 Å². The fraction of sp³-hybridized carbons (Fsp3) is 0.471. The van der Waals surface area contributed by atoms with E-state index in [-0.39, 0.29) is 0 Å². The molecule has 1 atom stereocenters. The van der Waals surface area contributed by atoms with Gasteiger partial charge in [0.25, 0.3) is 0 Å². The number of aryl methyl sites for hydroxylation is 1. The highest BCUT2D eigenvalue weighted by Crippen LogP contribution is 2.17. The van der Waals surface area contributed by atoms with Gasteiger partial charge in [-0.2, -0.15) is 10.1 Å². The zero-order chi connectivity index (χ0) is 17.2. The molecule has 1 aliphatic heterocycles. The van der Waals surface area contributed by atoms with Crippen molar-refractivity contribution in [1.29, 1.82) is 0 Å². The van der Waals surface area contributed by atoms with Crippen LogP contribution in [-0.2, 0) is 19.5 Å². The zero-order valence-corrected chi connectivity index (χ0v) is 14.4. The molecule has 0 unspecified atom stereocenters. The van der Waals surface area contributed by atoms with Gasteiger partial charge < -0.3 is 9.84 Å². The second-order valence-electron chi connectivity index (χ2n) is 6.57. The molecule has 0 spiro atoms. The highest BCUT2D eigenvalue weighted by molar-refractivity contribution is 5.46. The fourth-order valence-corrected chi connectivity index (χ4v) is 2.90. The van der Waals surface area contributed by atoms with Crippen LogP contribution in [0.1, 0.15) is 43.7 Å². The molecule has 0 bridgehead atoms. The van der Waals surface area contributed by atoms with Crippen LogP contribution in [0.4, 0.5) is 0 Å². The number of aromatic nitrogens is 6. The van der Waals surface area contributed by atoms with Crippen molar-refractivity contribution in [3.63, 3.8) is 0 Å². The minimum atomic E-state index is 0.319. The van der Waals surface area contributed by atoms with Gasteiger partial charge in [-0.15, -0.1) is 0 Å². The molecule has 4 rings (SSSR count). The average molecular weight is 339 g/mol. The SMILES string of the molecule is CC(C)c1nc2n(n1)C[C@H](NCc1nc(-c3ccccn3)no1)CC2. The van der Waals surface area contributed by atoms with Crippen LogP contribution in [0.15, 0.2) is 28.9 Å². The molecule has 0 aliphatic carbocycles. The lowest BCUT2D eigenvalue weighted by atomic mass is 10.1. The molecule has 0 radical (unpaired) electrons. The molecule has 0 aromatic carbocycles. The summed E-state index contributed by atoms with van der Waals surface area (Å²) in [6.07, 6.45) is 3.67. The van der Waals surface area contributed by atoms with Gasteiger partial charge in [0, 0.05) is 24.6 Å². The summed E-state index contributed by atoms with van der Waals surface area (Å²) in [6, 6.07) is 5.94. The van der Waals surface area contributed by atoms with Crippen LogP contribution in [0.2, 0.25) is 0 Å². The van der Waals surface area contributed by atoms with Gasteiger partial charge in [0.1, 0.15) is 11.5 Å². The minimum Gasteiger partial charge on any atom is -0.337 e. The maximum absolute atomic E-state index is 5.32. The van der Waals surface area contributed by atoms with E-state index in [1.165, 1.54) is 0 Å². The number of rotatable bonds is 5. The third-order valence-corrected chi connectivity index (χ3v) is 4.29. The Kier molecular flexibility index (Phi) is 4.27. The largest absolute Gasteiger partial charge is 0.337 e. The third kappa shape index (κ3) is 3.43. The maximum atomic E-state index is 5.32. The molecule has 1 aliphatic rings. The first-order valence-electron chi connectivity index (χ1n) is 8.60. The summed E-state index contributed by atoms with van der Waals surface area (Å²) in [4.78, 5) is 13.2. The van der Waals surface area contributed by atoms with E-state index in [2.05, 4.69) is 44.4 Å². The number of hydrogen-bond acceptors (Lipinski definition) is 7. The summed E-state index contributed by atoms with van der Waals surface area (Å²) in [5.74, 6) is 3.44. The van der Waals surface area contributed by atoms with Crippen molar-refractivity contribution in [1.82, 2.24) is 35.2 Å². The fourth-order valence-electron chi connectivity index (χ4n) is 2.90. The zero-order valence-electron chi connectivity index (χ0n) is 14.4. The summed E-state index contributed by atoms with van der Waals surface area (Å²) in [5, 5.41) is 12.1. The van der Waals surface area contributed by atoms with Crippen LogP contribution >= 0.6 is 0 Å². The van der Waals surface area contributed by atoms with E-state index in [1.807, 2.05) is 22.9 Å². The van der Waals surface area contributed by atoms with Crippen molar-refractivity contribution in [2.75, 3.05) is 0 Å². The van der Waals surface area contributed by atoms with Crippen LogP contribution in [0.3, 0.4) is 0 Å². The molecule has 4 heterocycles. The first-order valence-corrected chi connectivity index (χ1v) is 8.60. The molecular formula is C17H21N7O. The van der Waals surface area contributed by atoms with Crippen LogP contribution < -0.4 is 5.32 Å². The van der Waals surface area contributed by atoms with Crippen molar-refractivity contribution in [2.24, 2.45) is 0 Å². The Labute approximate surface area is 145 Å². The molecule has 0 fully saturated rings. The van der Waals surface area contributed by atoms with Crippen molar-refractivity contribution in [2.45, 2.75) is 51.7 Å². The lowest BCUT2D eigenvalue weighted by Crippen LogP contribution is -2.37. The topological polar surface area (TPSA) is 94.6 Å². The lowest BCUT2D eigenvalue weighted by Gasteiger charge is -2.22. The first-order chi connectivity index (χ1) is 12.2. The summed E-state index contributed by atoms with van der Waals surface area (Å²) in [7, 11) is 0. The minimum absolute atomic E-state index is 0.319. The van der Waals surface area contributed by atoms with Crippen LogP contribution in [0, 0.1) is 0 Å². The van der Waals surface area contributed by atoms with Crippen molar-refractivity contribution in [3.8, 4) is 11.5 Å². The molecule has 0 amide bonds. The monoisotopic (exact) mass is 339 g/mol. The predicted molar refractivity (Wildman–Crippen MR) is 90.6 cm³/mol. The molecule has 1 N–H and O–H groups in total. The Morgan fingerprint density at radius 3 is 3.04 bits per heavy atom. The molecule has 8 nitrogen and oxygen atoms in total. The quantitative estimate of drug-likeness (QED) is 0.759. The van der Waals surface area contributed by atoms with E-state index in [0.717, 1.165) is 31.0 Å². The summed E-state index contributed by atoms with van der Waals surface area (Å²) in [5.41, 5.74) is 0.712. The van der Waals surface area contributed by atoms with E-state index in [9.17, 15) is 0 Å². The maximum Gasteiger partial charge on any atom is 0.240 e. The molecule has 130 valence electrons. The third-order valence-electron chi connectivity index (χ3n) is 4.29. The van der Waals surface area contributed by atoms with E-state index in [1.54, 1.807) is 6.20 Å². The average Bonchev–Trinajstić information content (AvgIpc) is 3.27. The molecule has 3 aromatic heterocycles. The Morgan fingerprint density at radius 1 is 1.32 bits per heavy atom. The van der Waals surface area contributed by atoms with Crippen LogP contribution in [-0.4, -0.2) is 35.9 Å². The van der Waals surface area contributed by atoms with Gasteiger partial charge >= 0.3 is 0 Å². The molecule has 8 heteroatoms. The normalized spacial score (nSPS) is 17.0. The number of fused-ring (bicyclic) bond motifs is 1. The van der Waals surface area contributed by atoms with Gasteiger partial charge in [0.15, 0.2) is 5.82 Å². The van der Waals surface area contributed by atoms with Gasteiger partial charge in [-0.05, 0) is 18.6 Å². The van der Waals surface area contributed by atoms with E-state index >= 15 is 0 Å². The van der Waals surface area contributed by atoms with E-state index in [4.69, 9.17) is 4.52 Å². The Bertz CT molecular complexity index is 840. The molecule has 3 aromatic rings. The second kappa shape index (κ2) is 6.72. The first kappa shape index (κ1) is 15.9. The summed E-state index contributed by atoms with van der Waals surface area (Å²) < 4.78 is 7.33. The lowest BCUT2D eigenvalue weighted by molar-refractivity contribution is 0.320. The highest BCUT2D eigenvalue weighted by Gasteiger charge is 2.22. The van der Waals surface area contributed by atoms with Crippen molar-refractivity contribution >= 4 is 0 Å². The molecule has 25 heavy (non-hydrogen) atoms. The summed E-state index contributed by atoms with van der Waals surface area (Å²) >= 11 is 0. The second-order valence-corrected chi connectivity index (χ2v) is 6.57. The molecular weight excluding hydrogens is 318 g/mol. The predicted octanol–water partition coefficient (Wildman–Crippen LogP) is 1.95. The van der Waals surface area contributed by atoms with Gasteiger partial charge in [-0.3, -0.25) is 4.98 Å². The Hall–Kier alpha value is -2.61.